The van der Waals surface area contributed by atoms with Crippen LogP contribution in [0.2, 0.25) is 0 Å². The molecule has 2 atom stereocenters. The number of alkyl carbamates (subject to hydrolysis) is 1. The molecule has 4 aromatic rings. The molecule has 3 aromatic carbocycles. The molecule has 0 saturated carbocycles. The topological polar surface area (TPSA) is 138 Å². The van der Waals surface area contributed by atoms with E-state index in [1.54, 1.807) is 60.8 Å². The Bertz CT molecular complexity index is 2300. The minimum Gasteiger partial charge on any atom is -0.448 e. The van der Waals surface area contributed by atoms with Gasteiger partial charge in [0.25, 0.3) is 11.8 Å². The zero-order chi connectivity index (χ0) is 41.8. The van der Waals surface area contributed by atoms with Gasteiger partial charge in [-0.1, -0.05) is 60.7 Å². The number of aromatic nitrogens is 1. The molecule has 15 heteroatoms. The minimum absolute atomic E-state index is 0.0119. The van der Waals surface area contributed by atoms with Crippen molar-refractivity contribution in [1.82, 2.24) is 15.1 Å². The Morgan fingerprint density at radius 1 is 0.932 bits per heavy atom. The summed E-state index contributed by atoms with van der Waals surface area (Å²) in [6.07, 6.45) is 3.89. The fourth-order valence-electron chi connectivity index (χ4n) is 6.95. The smallest absolute Gasteiger partial charge is 0.408 e. The van der Waals surface area contributed by atoms with Gasteiger partial charge in [0, 0.05) is 48.3 Å². The number of pyridine rings is 1. The largest absolute Gasteiger partial charge is 0.448 e. The third-order valence-electron chi connectivity index (χ3n) is 9.72. The van der Waals surface area contributed by atoms with Gasteiger partial charge in [-0.25, -0.2) is 18.4 Å². The molecule has 0 bridgehead atoms. The van der Waals surface area contributed by atoms with E-state index in [0.717, 1.165) is 28.8 Å². The maximum absolute atomic E-state index is 14.4. The van der Waals surface area contributed by atoms with E-state index in [0.29, 0.717) is 24.1 Å². The number of fused-ring (bicyclic) bond motifs is 1. The van der Waals surface area contributed by atoms with Crippen LogP contribution in [-0.2, 0) is 41.7 Å². The first-order valence-electron chi connectivity index (χ1n) is 18.9. The van der Waals surface area contributed by atoms with Crippen molar-refractivity contribution in [2.24, 2.45) is 0 Å². The second-order valence-corrected chi connectivity index (χ2v) is 16.3. The van der Waals surface area contributed by atoms with Crippen molar-refractivity contribution >= 4 is 47.2 Å². The van der Waals surface area contributed by atoms with Gasteiger partial charge in [-0.2, -0.15) is 4.57 Å². The number of carbonyl (C=O) groups is 5. The van der Waals surface area contributed by atoms with Crippen LogP contribution in [0.1, 0.15) is 50.0 Å². The molecule has 7 rings (SSSR count). The normalized spacial score (nSPS) is 18.4. The molecule has 1 aromatic heterocycles. The SMILES string of the molecule is CC(C)(C)OC(=O)NC1C(=O)N2C(C(=O)OC(c3ccccc3)c3ccccc3)=C(C=C3CCN(Cc4cc[n+](CC(=O)Nc5ccc(F)c(F)c5)cc4)C3=O)CSC12. The number of hydrogen-bond acceptors (Lipinski definition) is 8. The number of nitrogens with one attached hydrogen (secondary N) is 2. The number of amides is 4. The van der Waals surface area contributed by atoms with Gasteiger partial charge in [0.1, 0.15) is 22.7 Å². The number of thioether (sulfide) groups is 1. The minimum atomic E-state index is -1.06. The predicted molar refractivity (Wildman–Crippen MR) is 214 cm³/mol. The van der Waals surface area contributed by atoms with Crippen LogP contribution in [0.3, 0.4) is 0 Å². The molecule has 3 aliphatic heterocycles. The molecule has 4 heterocycles. The molecule has 2 saturated heterocycles. The quantitative estimate of drug-likeness (QED) is 0.0821. The Morgan fingerprint density at radius 2 is 1.59 bits per heavy atom. The third-order valence-corrected chi connectivity index (χ3v) is 11.0. The number of hydrogen-bond donors (Lipinski definition) is 2. The molecule has 0 spiro atoms. The number of carbonyl (C=O) groups excluding carboxylic acids is 5. The molecule has 0 radical (unpaired) electrons. The summed E-state index contributed by atoms with van der Waals surface area (Å²) < 4.78 is 40.1. The highest BCUT2D eigenvalue weighted by Gasteiger charge is 2.55. The average molecular weight is 823 g/mol. The third kappa shape index (κ3) is 9.52. The fourth-order valence-corrected chi connectivity index (χ4v) is 8.25. The number of β-lactam (4-membered cyclic amide) rings is 1. The highest BCUT2D eigenvalue weighted by molar-refractivity contribution is 8.00. The number of halogens is 2. The van der Waals surface area contributed by atoms with Crippen LogP contribution in [0.25, 0.3) is 0 Å². The van der Waals surface area contributed by atoms with Crippen molar-refractivity contribution in [3.63, 3.8) is 0 Å². The van der Waals surface area contributed by atoms with Crippen LogP contribution in [0.4, 0.5) is 19.3 Å². The molecule has 4 amide bonds. The molecule has 3 aliphatic rings. The zero-order valence-corrected chi connectivity index (χ0v) is 33.3. The van der Waals surface area contributed by atoms with Gasteiger partial charge in [0.15, 0.2) is 30.1 Å². The lowest BCUT2D eigenvalue weighted by molar-refractivity contribution is -0.684. The summed E-state index contributed by atoms with van der Waals surface area (Å²) in [6, 6.07) is 24.3. The van der Waals surface area contributed by atoms with Crippen molar-refractivity contribution in [1.29, 1.82) is 0 Å². The Hall–Kier alpha value is -6.35. The number of esters is 1. The fraction of sp³-hybridized carbons (Fsp3) is 0.273. The summed E-state index contributed by atoms with van der Waals surface area (Å²) in [5.41, 5.74) is 2.53. The first-order valence-corrected chi connectivity index (χ1v) is 20.0. The van der Waals surface area contributed by atoms with Gasteiger partial charge in [0.05, 0.1) is 0 Å². The van der Waals surface area contributed by atoms with Crippen LogP contribution < -0.4 is 15.2 Å². The Kier molecular flexibility index (Phi) is 11.9. The molecule has 304 valence electrons. The summed E-state index contributed by atoms with van der Waals surface area (Å²) in [4.78, 5) is 70.2. The maximum atomic E-state index is 14.4. The number of anilines is 1. The second kappa shape index (κ2) is 17.2. The molecule has 2 unspecified atom stereocenters. The number of allylic oxidation sites excluding steroid dienone is 1. The van der Waals surface area contributed by atoms with E-state index in [2.05, 4.69) is 10.6 Å². The summed E-state index contributed by atoms with van der Waals surface area (Å²) in [5, 5.41) is 4.58. The van der Waals surface area contributed by atoms with Gasteiger partial charge >= 0.3 is 12.1 Å². The number of nitrogens with zero attached hydrogens (tertiary/aromatic N) is 3. The molecule has 0 aliphatic carbocycles. The van der Waals surface area contributed by atoms with Crippen LogP contribution in [-0.4, -0.2) is 68.9 Å². The number of rotatable bonds is 11. The highest BCUT2D eigenvalue weighted by Crippen LogP contribution is 2.43. The Morgan fingerprint density at radius 3 is 2.22 bits per heavy atom. The molecular formula is C44H42F2N5O7S+. The van der Waals surface area contributed by atoms with Gasteiger partial charge in [0.2, 0.25) is 12.5 Å². The van der Waals surface area contributed by atoms with Crippen molar-refractivity contribution in [2.45, 2.75) is 63.4 Å². The summed E-state index contributed by atoms with van der Waals surface area (Å²) in [7, 11) is 0. The van der Waals surface area contributed by atoms with E-state index in [-0.39, 0.29) is 36.1 Å². The van der Waals surface area contributed by atoms with Gasteiger partial charge in [-0.3, -0.25) is 19.3 Å². The number of benzene rings is 3. The average Bonchev–Trinajstić information content (AvgIpc) is 3.55. The van der Waals surface area contributed by atoms with Crippen LogP contribution in [0.5, 0.6) is 0 Å². The van der Waals surface area contributed by atoms with Gasteiger partial charge < -0.3 is 25.0 Å². The lowest BCUT2D eigenvalue weighted by atomic mass is 10.00. The summed E-state index contributed by atoms with van der Waals surface area (Å²) in [5.74, 6) is -3.74. The number of likely N-dealkylation sites (tertiary alicyclic amines) is 1. The first-order chi connectivity index (χ1) is 28.2. The van der Waals surface area contributed by atoms with Gasteiger partial charge in [-0.15, -0.1) is 11.8 Å². The van der Waals surface area contributed by atoms with Crippen molar-refractivity contribution in [3.05, 3.63) is 155 Å². The lowest BCUT2D eigenvalue weighted by Crippen LogP contribution is -2.70. The van der Waals surface area contributed by atoms with E-state index in [1.807, 2.05) is 60.7 Å². The monoisotopic (exact) mass is 822 g/mol. The number of ether oxygens (including phenoxy) is 2. The summed E-state index contributed by atoms with van der Waals surface area (Å²) >= 11 is 1.36. The van der Waals surface area contributed by atoms with E-state index < -0.39 is 58.6 Å². The van der Waals surface area contributed by atoms with E-state index in [4.69, 9.17) is 9.47 Å². The standard InChI is InChI=1S/C44H41F2N5O7S/c1-44(2,3)58-43(56)48-36-40(54)51-37(42(55)57-38(28-10-6-4-7-11-28)29-12-8-5-9-13-29)31(26-59-41(36)51)22-30-18-21-50(39(30)53)24-27-16-19-49(20-17-27)25-35(52)47-32-14-15-33(45)34(46)23-32/h4-17,19-20,22-23,36,38,41H,18,21,24-26H2,1-3H3,(H-,47,48,52,56)/p+1. The van der Waals surface area contributed by atoms with Crippen molar-refractivity contribution in [2.75, 3.05) is 17.6 Å². The molecule has 2 N–H and O–H groups in total. The Balaban J connectivity index is 1.09. The first kappa shape index (κ1) is 40.8. The maximum Gasteiger partial charge on any atom is 0.408 e. The highest BCUT2D eigenvalue weighted by atomic mass is 32.2. The van der Waals surface area contributed by atoms with Crippen molar-refractivity contribution in [3.8, 4) is 0 Å². The predicted octanol–water partition coefficient (Wildman–Crippen LogP) is 5.95. The van der Waals surface area contributed by atoms with Crippen LogP contribution >= 0.6 is 11.8 Å². The molecule has 12 nitrogen and oxygen atoms in total. The molecular weight excluding hydrogens is 781 g/mol. The van der Waals surface area contributed by atoms with Crippen LogP contribution in [0, 0.1) is 11.6 Å². The van der Waals surface area contributed by atoms with E-state index >= 15 is 0 Å². The molecule has 2 fully saturated rings. The second-order valence-electron chi connectivity index (χ2n) is 15.2. The van der Waals surface area contributed by atoms with E-state index in [9.17, 15) is 32.8 Å². The zero-order valence-electron chi connectivity index (χ0n) is 32.5. The van der Waals surface area contributed by atoms with Crippen LogP contribution in [0.15, 0.2) is 126 Å². The molecule has 59 heavy (non-hydrogen) atoms. The van der Waals surface area contributed by atoms with E-state index in [1.165, 1.54) is 22.7 Å². The van der Waals surface area contributed by atoms with Crippen molar-refractivity contribution < 1.29 is 46.8 Å². The summed E-state index contributed by atoms with van der Waals surface area (Å²) in [6.45, 7) is 5.77. The Labute approximate surface area is 343 Å². The van der Waals surface area contributed by atoms with Gasteiger partial charge in [-0.05, 0) is 67.7 Å². The lowest BCUT2D eigenvalue weighted by Gasteiger charge is -2.49.